The van der Waals surface area contributed by atoms with Gasteiger partial charge >= 0.3 is 12.6 Å². The highest BCUT2D eigenvalue weighted by atomic mass is 35.5. The first kappa shape index (κ1) is 31.3. The largest absolute Gasteiger partial charge is 0.619 e. The van der Waals surface area contributed by atoms with E-state index in [9.17, 15) is 23.6 Å². The molecule has 0 N–H and O–H groups in total. The Morgan fingerprint density at radius 3 is 2.47 bits per heavy atom. The first-order valence-electron chi connectivity index (χ1n) is 13.6. The summed E-state index contributed by atoms with van der Waals surface area (Å²) in [7, 11) is 0. The molecule has 0 amide bonds. The summed E-state index contributed by atoms with van der Waals surface area (Å²) in [6.07, 6.45) is 3.21. The second-order valence-electron chi connectivity index (χ2n) is 10.2. The van der Waals surface area contributed by atoms with Crippen LogP contribution in [0.15, 0.2) is 60.9 Å². The molecule has 0 radical (unpaired) electrons. The second kappa shape index (κ2) is 14.1. The highest BCUT2D eigenvalue weighted by Crippen LogP contribution is 2.38. The Morgan fingerprint density at radius 2 is 1.79 bits per heavy atom. The fourth-order valence-electron chi connectivity index (χ4n) is 4.64. The van der Waals surface area contributed by atoms with Gasteiger partial charge in [-0.3, -0.25) is 9.69 Å². The van der Waals surface area contributed by atoms with E-state index in [0.717, 1.165) is 25.2 Å². The average molecular weight is 654 g/mol. The zero-order valence-corrected chi connectivity index (χ0v) is 25.1. The smallest absolute Gasteiger partial charge is 0.387 e. The lowest BCUT2D eigenvalue weighted by Crippen LogP contribution is -2.39. The van der Waals surface area contributed by atoms with Gasteiger partial charge in [-0.05, 0) is 36.5 Å². The quantitative estimate of drug-likeness (QED) is 0.0947. The summed E-state index contributed by atoms with van der Waals surface area (Å²) in [6, 6.07) is 13.1. The Labute approximate surface area is 261 Å². The minimum absolute atomic E-state index is 0.0261. The zero-order valence-electron chi connectivity index (χ0n) is 22.8. The van der Waals surface area contributed by atoms with E-state index in [1.807, 2.05) is 6.07 Å². The van der Waals surface area contributed by atoms with Gasteiger partial charge < -0.3 is 19.4 Å². The predicted molar refractivity (Wildman–Crippen MR) is 158 cm³/mol. The molecule has 1 aliphatic carbocycles. The van der Waals surface area contributed by atoms with Crippen molar-refractivity contribution in [3.05, 3.63) is 92.9 Å². The van der Waals surface area contributed by atoms with Gasteiger partial charge in [-0.25, -0.2) is 4.79 Å². The number of ketones is 1. The van der Waals surface area contributed by atoms with Crippen molar-refractivity contribution in [3.63, 3.8) is 0 Å². The summed E-state index contributed by atoms with van der Waals surface area (Å²) in [4.78, 5) is 28.3. The average Bonchev–Trinajstić information content (AvgIpc) is 3.69. The maximum absolute atomic E-state index is 13.6. The van der Waals surface area contributed by atoms with Gasteiger partial charge in [-0.15, -0.1) is 11.8 Å². The minimum Gasteiger partial charge on any atom is -0.619 e. The fraction of sp³-hybridized carbons (Fsp3) is 0.367. The Balaban J connectivity index is 1.41. The van der Waals surface area contributed by atoms with E-state index in [4.69, 9.17) is 32.7 Å². The SMILES string of the molecule is O=C(CN1CCSC1C(=O)OC(Cc1c(Cl)c[n+]([O-])cc1Cl)c1ccc(OC(F)F)c(OCC2CC2)c1)c1ccccc1. The number of halogens is 4. The van der Waals surface area contributed by atoms with E-state index in [2.05, 4.69) is 4.74 Å². The number of nitrogens with zero attached hydrogens (tertiary/aromatic N) is 2. The van der Waals surface area contributed by atoms with Crippen LogP contribution in [0.25, 0.3) is 0 Å². The predicted octanol–water partition coefficient (Wildman–Crippen LogP) is 6.10. The van der Waals surface area contributed by atoms with E-state index in [1.54, 1.807) is 29.2 Å². The third-order valence-electron chi connectivity index (χ3n) is 7.06. The van der Waals surface area contributed by atoms with Crippen molar-refractivity contribution in [2.75, 3.05) is 25.4 Å². The molecule has 1 saturated heterocycles. The molecule has 2 heterocycles. The summed E-state index contributed by atoms with van der Waals surface area (Å²) in [6.45, 7) is -2.20. The van der Waals surface area contributed by atoms with Crippen LogP contribution >= 0.6 is 35.0 Å². The number of hydrogen-bond donors (Lipinski definition) is 0. The van der Waals surface area contributed by atoms with Crippen LogP contribution in [0.4, 0.5) is 8.78 Å². The highest BCUT2D eigenvalue weighted by molar-refractivity contribution is 8.00. The number of carbonyl (C=O) groups is 2. The van der Waals surface area contributed by atoms with Crippen LogP contribution < -0.4 is 14.2 Å². The highest BCUT2D eigenvalue weighted by Gasteiger charge is 2.36. The molecular weight excluding hydrogens is 625 g/mol. The van der Waals surface area contributed by atoms with Gasteiger partial charge in [0.2, 0.25) is 0 Å². The van der Waals surface area contributed by atoms with E-state index in [1.165, 1.54) is 30.0 Å². The molecule has 43 heavy (non-hydrogen) atoms. The van der Waals surface area contributed by atoms with Gasteiger partial charge in [-0.2, -0.15) is 13.5 Å². The second-order valence-corrected chi connectivity index (χ2v) is 12.2. The molecule has 2 unspecified atom stereocenters. The number of pyridine rings is 1. The van der Waals surface area contributed by atoms with E-state index in [0.29, 0.717) is 46.2 Å². The molecule has 8 nitrogen and oxygen atoms in total. The lowest BCUT2D eigenvalue weighted by molar-refractivity contribution is -0.605. The minimum atomic E-state index is -3.06. The van der Waals surface area contributed by atoms with Crippen molar-refractivity contribution in [2.24, 2.45) is 5.92 Å². The third kappa shape index (κ3) is 8.29. The molecule has 2 aliphatic rings. The summed E-state index contributed by atoms with van der Waals surface area (Å²) in [5.41, 5.74) is 1.32. The molecule has 1 aliphatic heterocycles. The van der Waals surface area contributed by atoms with Gasteiger partial charge in [-0.1, -0.05) is 59.6 Å². The standard InChI is InChI=1S/C30H28Cl2F2N2O6S/c31-22-14-36(39)15-23(32)21(22)13-26(20-8-9-25(42-30(33)34)27(12-20)40-17-18-6-7-18)41-29(38)28-35(10-11-43-28)16-24(37)19-4-2-1-3-5-19/h1-5,8-9,12,14-15,18,26,28,30H,6-7,10-11,13,16-17H2. The normalized spacial score (nSPS) is 17.6. The number of hydrogen-bond acceptors (Lipinski definition) is 8. The molecule has 2 atom stereocenters. The number of esters is 1. The van der Waals surface area contributed by atoms with Crippen LogP contribution in [0.2, 0.25) is 10.0 Å². The number of aromatic nitrogens is 1. The van der Waals surface area contributed by atoms with Gasteiger partial charge in [0, 0.05) is 29.8 Å². The maximum atomic E-state index is 13.6. The molecule has 0 bridgehead atoms. The van der Waals surface area contributed by atoms with E-state index in [-0.39, 0.29) is 40.3 Å². The van der Waals surface area contributed by atoms with Crippen LogP contribution in [0, 0.1) is 11.1 Å². The van der Waals surface area contributed by atoms with Crippen molar-refractivity contribution in [1.29, 1.82) is 0 Å². The molecule has 3 aromatic rings. The number of thioether (sulfide) groups is 1. The molecule has 2 fully saturated rings. The molecule has 1 aromatic heterocycles. The first-order chi connectivity index (χ1) is 20.7. The van der Waals surface area contributed by atoms with Gasteiger partial charge in [0.15, 0.2) is 35.0 Å². The van der Waals surface area contributed by atoms with E-state index < -0.39 is 24.1 Å². The van der Waals surface area contributed by atoms with Crippen LogP contribution in [0.5, 0.6) is 11.5 Å². The summed E-state index contributed by atoms with van der Waals surface area (Å²) in [5, 5.41) is 11.2. The van der Waals surface area contributed by atoms with Crippen LogP contribution in [0.1, 0.15) is 40.4 Å². The van der Waals surface area contributed by atoms with Crippen molar-refractivity contribution in [3.8, 4) is 11.5 Å². The first-order valence-corrected chi connectivity index (χ1v) is 15.4. The number of benzene rings is 2. The lowest BCUT2D eigenvalue weighted by Gasteiger charge is -2.26. The van der Waals surface area contributed by atoms with Crippen molar-refractivity contribution in [1.82, 2.24) is 4.90 Å². The van der Waals surface area contributed by atoms with Crippen molar-refractivity contribution in [2.45, 2.75) is 37.4 Å². The van der Waals surface area contributed by atoms with Crippen LogP contribution in [0.3, 0.4) is 0 Å². The van der Waals surface area contributed by atoms with Crippen molar-refractivity contribution < 1.29 is 37.3 Å². The monoisotopic (exact) mass is 652 g/mol. The third-order valence-corrected chi connectivity index (χ3v) is 8.94. The Kier molecular flexibility index (Phi) is 10.3. The molecule has 5 rings (SSSR count). The van der Waals surface area contributed by atoms with Gasteiger partial charge in [0.25, 0.3) is 0 Å². The Hall–Kier alpha value is -3.12. The molecule has 13 heteroatoms. The van der Waals surface area contributed by atoms with Gasteiger partial charge in [0.1, 0.15) is 16.1 Å². The lowest BCUT2D eigenvalue weighted by atomic mass is 10.0. The maximum Gasteiger partial charge on any atom is 0.387 e. The summed E-state index contributed by atoms with van der Waals surface area (Å²) >= 11 is 14.1. The van der Waals surface area contributed by atoms with Gasteiger partial charge in [0.05, 0.1) is 13.2 Å². The summed E-state index contributed by atoms with van der Waals surface area (Å²) in [5.74, 6) is 0.164. The molecule has 228 valence electrons. The molecular formula is C30H28Cl2F2N2O6S. The molecule has 0 spiro atoms. The number of rotatable bonds is 13. The fourth-order valence-corrected chi connectivity index (χ4v) is 6.39. The Morgan fingerprint density at radius 1 is 1.07 bits per heavy atom. The van der Waals surface area contributed by atoms with Crippen LogP contribution in [-0.4, -0.2) is 54.1 Å². The van der Waals surface area contributed by atoms with Crippen molar-refractivity contribution >= 4 is 46.7 Å². The number of alkyl halides is 2. The number of Topliss-reactive ketones (excluding diaryl/α,β-unsaturated/α-hetero) is 1. The molecule has 1 saturated carbocycles. The topological polar surface area (TPSA) is 92.0 Å². The number of carbonyl (C=O) groups excluding carboxylic acids is 2. The Bertz CT molecular complexity index is 1440. The number of ether oxygens (including phenoxy) is 3. The van der Waals surface area contributed by atoms with Crippen LogP contribution in [-0.2, 0) is 16.0 Å². The van der Waals surface area contributed by atoms with E-state index >= 15 is 0 Å². The summed E-state index contributed by atoms with van der Waals surface area (Å²) < 4.78 is 43.2. The molecule has 2 aromatic carbocycles. The zero-order chi connectivity index (χ0) is 30.5.